The van der Waals surface area contributed by atoms with Gasteiger partial charge in [-0.2, -0.15) is 0 Å². The van der Waals surface area contributed by atoms with Gasteiger partial charge >= 0.3 is 5.97 Å². The lowest BCUT2D eigenvalue weighted by molar-refractivity contribution is 0.0689. The maximum absolute atomic E-state index is 10.6. The summed E-state index contributed by atoms with van der Waals surface area (Å²) in [5, 5.41) is 8.72. The van der Waals surface area contributed by atoms with Crippen LogP contribution in [0.15, 0.2) is 18.3 Å². The highest BCUT2D eigenvalue weighted by Gasteiger charge is 2.04. The summed E-state index contributed by atoms with van der Waals surface area (Å²) < 4.78 is 5.40. The fourth-order valence-electron chi connectivity index (χ4n) is 1.09. The van der Waals surface area contributed by atoms with Crippen molar-refractivity contribution in [1.29, 1.82) is 0 Å². The third kappa shape index (κ3) is 4.08. The standard InChI is InChI=1S/C11H15NO3/c1-8(2)6-15-7-9-3-4-12-10(5-9)11(13)14/h3-5,8H,6-7H2,1-2H3,(H,13,14). The highest BCUT2D eigenvalue weighted by Crippen LogP contribution is 2.05. The van der Waals surface area contributed by atoms with Crippen LogP contribution in [0.25, 0.3) is 0 Å². The maximum atomic E-state index is 10.6. The maximum Gasteiger partial charge on any atom is 0.354 e. The molecule has 0 atom stereocenters. The first kappa shape index (κ1) is 11.7. The molecule has 0 amide bonds. The summed E-state index contributed by atoms with van der Waals surface area (Å²) in [6, 6.07) is 3.29. The molecule has 1 aromatic rings. The van der Waals surface area contributed by atoms with Crippen molar-refractivity contribution >= 4 is 5.97 Å². The number of hydrogen-bond donors (Lipinski definition) is 1. The summed E-state index contributed by atoms with van der Waals surface area (Å²) in [7, 11) is 0. The molecule has 0 saturated heterocycles. The lowest BCUT2D eigenvalue weighted by Crippen LogP contribution is -2.04. The molecule has 0 radical (unpaired) electrons. The molecule has 0 aliphatic heterocycles. The van der Waals surface area contributed by atoms with E-state index in [0.29, 0.717) is 19.1 Å². The van der Waals surface area contributed by atoms with E-state index in [1.54, 1.807) is 6.07 Å². The Bertz CT molecular complexity index is 336. The number of pyridine rings is 1. The number of nitrogens with zero attached hydrogens (tertiary/aromatic N) is 1. The van der Waals surface area contributed by atoms with E-state index in [1.165, 1.54) is 12.3 Å². The van der Waals surface area contributed by atoms with Gasteiger partial charge in [-0.3, -0.25) is 0 Å². The van der Waals surface area contributed by atoms with Gasteiger partial charge in [0.2, 0.25) is 0 Å². The molecule has 15 heavy (non-hydrogen) atoms. The summed E-state index contributed by atoms with van der Waals surface area (Å²) in [5.41, 5.74) is 0.892. The molecule has 1 rings (SSSR count). The number of rotatable bonds is 5. The van der Waals surface area contributed by atoms with Crippen LogP contribution in [0.1, 0.15) is 29.9 Å². The first-order chi connectivity index (χ1) is 7.09. The Balaban J connectivity index is 2.54. The number of carboxylic acids is 1. The van der Waals surface area contributed by atoms with Crippen molar-refractivity contribution in [1.82, 2.24) is 4.98 Å². The van der Waals surface area contributed by atoms with Crippen LogP contribution in [-0.2, 0) is 11.3 Å². The minimum Gasteiger partial charge on any atom is -0.477 e. The first-order valence-electron chi connectivity index (χ1n) is 4.85. The van der Waals surface area contributed by atoms with Crippen LogP contribution in [0, 0.1) is 5.92 Å². The molecule has 0 aliphatic rings. The van der Waals surface area contributed by atoms with E-state index in [4.69, 9.17) is 9.84 Å². The van der Waals surface area contributed by atoms with Gasteiger partial charge in [-0.15, -0.1) is 0 Å². The van der Waals surface area contributed by atoms with Gasteiger partial charge in [0.25, 0.3) is 0 Å². The molecule has 1 heterocycles. The molecule has 0 bridgehead atoms. The summed E-state index contributed by atoms with van der Waals surface area (Å²) in [5.74, 6) is -0.536. The second-order valence-corrected chi connectivity index (χ2v) is 3.76. The van der Waals surface area contributed by atoms with Gasteiger partial charge in [-0.1, -0.05) is 13.8 Å². The molecule has 1 N–H and O–H groups in total. The Hall–Kier alpha value is -1.42. The van der Waals surface area contributed by atoms with Gasteiger partial charge in [-0.25, -0.2) is 9.78 Å². The van der Waals surface area contributed by atoms with E-state index in [9.17, 15) is 4.79 Å². The lowest BCUT2D eigenvalue weighted by Gasteiger charge is -2.06. The Morgan fingerprint density at radius 1 is 1.60 bits per heavy atom. The minimum atomic E-state index is -1.01. The van der Waals surface area contributed by atoms with Crippen LogP contribution < -0.4 is 0 Å². The van der Waals surface area contributed by atoms with Gasteiger partial charge in [0.05, 0.1) is 6.61 Å². The van der Waals surface area contributed by atoms with Crippen LogP contribution >= 0.6 is 0 Å². The zero-order valence-electron chi connectivity index (χ0n) is 8.93. The van der Waals surface area contributed by atoms with Crippen molar-refractivity contribution in [2.75, 3.05) is 6.61 Å². The molecular formula is C11H15NO3. The van der Waals surface area contributed by atoms with Crippen molar-refractivity contribution in [3.8, 4) is 0 Å². The van der Waals surface area contributed by atoms with Crippen LogP contribution in [0.5, 0.6) is 0 Å². The van der Waals surface area contributed by atoms with Gasteiger partial charge in [0, 0.05) is 12.8 Å². The molecule has 0 saturated carbocycles. The van der Waals surface area contributed by atoms with Crippen LogP contribution in [0.3, 0.4) is 0 Å². The molecule has 0 aliphatic carbocycles. The second-order valence-electron chi connectivity index (χ2n) is 3.76. The Morgan fingerprint density at radius 3 is 2.93 bits per heavy atom. The van der Waals surface area contributed by atoms with Gasteiger partial charge in [-0.05, 0) is 23.6 Å². The number of ether oxygens (including phenoxy) is 1. The van der Waals surface area contributed by atoms with Crippen molar-refractivity contribution in [2.45, 2.75) is 20.5 Å². The quantitative estimate of drug-likeness (QED) is 0.805. The summed E-state index contributed by atoms with van der Waals surface area (Å²) in [6.45, 7) is 5.23. The molecule has 0 unspecified atom stereocenters. The fraction of sp³-hybridized carbons (Fsp3) is 0.455. The molecule has 4 heteroatoms. The third-order valence-corrected chi connectivity index (χ3v) is 1.76. The highest BCUT2D eigenvalue weighted by atomic mass is 16.5. The summed E-state index contributed by atoms with van der Waals surface area (Å²) >= 11 is 0. The smallest absolute Gasteiger partial charge is 0.354 e. The summed E-state index contributed by atoms with van der Waals surface area (Å²) in [4.78, 5) is 14.4. The Kier molecular flexibility index (Phi) is 4.24. The average molecular weight is 209 g/mol. The van der Waals surface area contributed by atoms with Gasteiger partial charge in [0.15, 0.2) is 0 Å². The molecule has 82 valence electrons. The van der Waals surface area contributed by atoms with Crippen LogP contribution in [0.4, 0.5) is 0 Å². The molecule has 0 fully saturated rings. The molecule has 4 nitrogen and oxygen atoms in total. The topological polar surface area (TPSA) is 59.4 Å². The number of carbonyl (C=O) groups is 1. The molecular weight excluding hydrogens is 194 g/mol. The number of hydrogen-bond acceptors (Lipinski definition) is 3. The van der Waals surface area contributed by atoms with E-state index in [-0.39, 0.29) is 5.69 Å². The van der Waals surface area contributed by atoms with E-state index < -0.39 is 5.97 Å². The second kappa shape index (κ2) is 5.46. The largest absolute Gasteiger partial charge is 0.477 e. The fourth-order valence-corrected chi connectivity index (χ4v) is 1.09. The molecule has 0 spiro atoms. The minimum absolute atomic E-state index is 0.0562. The van der Waals surface area contributed by atoms with E-state index >= 15 is 0 Å². The summed E-state index contributed by atoms with van der Waals surface area (Å²) in [6.07, 6.45) is 1.48. The van der Waals surface area contributed by atoms with Crippen molar-refractivity contribution in [3.63, 3.8) is 0 Å². The van der Waals surface area contributed by atoms with Crippen LogP contribution in [0.2, 0.25) is 0 Å². The monoisotopic (exact) mass is 209 g/mol. The van der Waals surface area contributed by atoms with E-state index in [2.05, 4.69) is 18.8 Å². The highest BCUT2D eigenvalue weighted by molar-refractivity contribution is 5.85. The van der Waals surface area contributed by atoms with E-state index in [0.717, 1.165) is 5.56 Å². The SMILES string of the molecule is CC(C)COCc1ccnc(C(=O)O)c1. The lowest BCUT2D eigenvalue weighted by atomic mass is 10.2. The number of aromatic nitrogens is 1. The average Bonchev–Trinajstić information content (AvgIpc) is 2.17. The van der Waals surface area contributed by atoms with Crippen molar-refractivity contribution in [2.24, 2.45) is 5.92 Å². The zero-order chi connectivity index (χ0) is 11.3. The molecule has 1 aromatic heterocycles. The predicted molar refractivity (Wildman–Crippen MR) is 55.7 cm³/mol. The van der Waals surface area contributed by atoms with Crippen molar-refractivity contribution in [3.05, 3.63) is 29.6 Å². The van der Waals surface area contributed by atoms with Gasteiger partial charge < -0.3 is 9.84 Å². The van der Waals surface area contributed by atoms with Crippen LogP contribution in [-0.4, -0.2) is 22.7 Å². The van der Waals surface area contributed by atoms with E-state index in [1.807, 2.05) is 0 Å². The first-order valence-corrected chi connectivity index (χ1v) is 4.85. The van der Waals surface area contributed by atoms with Crippen molar-refractivity contribution < 1.29 is 14.6 Å². The molecule has 0 aromatic carbocycles. The Labute approximate surface area is 88.9 Å². The number of aromatic carboxylic acids is 1. The predicted octanol–water partition coefficient (Wildman–Crippen LogP) is 1.95. The normalized spacial score (nSPS) is 10.6. The zero-order valence-corrected chi connectivity index (χ0v) is 8.93. The third-order valence-electron chi connectivity index (χ3n) is 1.76. The van der Waals surface area contributed by atoms with Gasteiger partial charge in [0.1, 0.15) is 5.69 Å². The Morgan fingerprint density at radius 2 is 2.33 bits per heavy atom. The number of carboxylic acid groups (broad SMARTS) is 1.